The normalized spacial score (nSPS) is 21.1. The number of amides is 1. The number of piperidine rings is 1. The van der Waals surface area contributed by atoms with E-state index in [1.54, 1.807) is 11.3 Å². The molecule has 1 aromatic rings. The minimum absolute atomic E-state index is 0.124. The molecule has 0 radical (unpaired) electrons. The minimum atomic E-state index is 0.124. The summed E-state index contributed by atoms with van der Waals surface area (Å²) in [7, 11) is 0. The SMILES string of the molecule is CC1(CNC(=O)c2cc3c(s2)CCC3)CCNCC1. The number of thiophene rings is 1. The number of rotatable bonds is 3. The highest BCUT2D eigenvalue weighted by atomic mass is 32.1. The zero-order chi connectivity index (χ0) is 13.3. The maximum atomic E-state index is 12.2. The van der Waals surface area contributed by atoms with E-state index >= 15 is 0 Å². The van der Waals surface area contributed by atoms with Gasteiger partial charge in [-0.2, -0.15) is 0 Å². The summed E-state index contributed by atoms with van der Waals surface area (Å²) in [5.41, 5.74) is 1.67. The monoisotopic (exact) mass is 278 g/mol. The molecule has 3 rings (SSSR count). The van der Waals surface area contributed by atoms with Gasteiger partial charge in [-0.15, -0.1) is 11.3 Å². The predicted molar refractivity (Wildman–Crippen MR) is 78.9 cm³/mol. The highest BCUT2D eigenvalue weighted by Gasteiger charge is 2.27. The Balaban J connectivity index is 1.58. The maximum Gasteiger partial charge on any atom is 0.261 e. The van der Waals surface area contributed by atoms with E-state index in [4.69, 9.17) is 0 Å². The lowest BCUT2D eigenvalue weighted by molar-refractivity contribution is 0.0926. The van der Waals surface area contributed by atoms with Crippen LogP contribution >= 0.6 is 11.3 Å². The fourth-order valence-electron chi connectivity index (χ4n) is 3.03. The van der Waals surface area contributed by atoms with Crippen LogP contribution in [-0.2, 0) is 12.8 Å². The zero-order valence-corrected chi connectivity index (χ0v) is 12.4. The van der Waals surface area contributed by atoms with Crippen molar-refractivity contribution >= 4 is 17.2 Å². The first-order valence-corrected chi connectivity index (χ1v) is 8.08. The smallest absolute Gasteiger partial charge is 0.261 e. The van der Waals surface area contributed by atoms with Crippen LogP contribution < -0.4 is 10.6 Å². The molecular formula is C15H22N2OS. The molecule has 104 valence electrons. The van der Waals surface area contributed by atoms with E-state index in [9.17, 15) is 4.79 Å². The van der Waals surface area contributed by atoms with Crippen molar-refractivity contribution in [3.63, 3.8) is 0 Å². The Labute approximate surface area is 118 Å². The Morgan fingerprint density at radius 3 is 2.95 bits per heavy atom. The first kappa shape index (κ1) is 13.1. The van der Waals surface area contributed by atoms with Gasteiger partial charge in [0.05, 0.1) is 4.88 Å². The van der Waals surface area contributed by atoms with E-state index in [1.165, 1.54) is 16.9 Å². The standard InChI is InChI=1S/C15H22N2OS/c1-15(5-7-16-8-6-15)10-17-14(18)13-9-11-3-2-4-12(11)19-13/h9,16H,2-8,10H2,1H3,(H,17,18). The van der Waals surface area contributed by atoms with Crippen molar-refractivity contribution in [2.24, 2.45) is 5.41 Å². The first-order valence-electron chi connectivity index (χ1n) is 7.27. The van der Waals surface area contributed by atoms with Gasteiger partial charge in [-0.05, 0) is 62.2 Å². The molecule has 1 saturated heterocycles. The quantitative estimate of drug-likeness (QED) is 0.891. The summed E-state index contributed by atoms with van der Waals surface area (Å²) in [6.45, 7) is 5.22. The molecule has 0 aromatic carbocycles. The second-order valence-corrected chi connectivity index (χ2v) is 7.29. The third-order valence-electron chi connectivity index (χ3n) is 4.46. The molecule has 1 aliphatic heterocycles. The van der Waals surface area contributed by atoms with Gasteiger partial charge in [0, 0.05) is 11.4 Å². The average Bonchev–Trinajstić information content (AvgIpc) is 2.97. The van der Waals surface area contributed by atoms with Crippen LogP contribution in [0.4, 0.5) is 0 Å². The lowest BCUT2D eigenvalue weighted by Gasteiger charge is -2.34. The zero-order valence-electron chi connectivity index (χ0n) is 11.6. The number of carbonyl (C=O) groups excluding carboxylic acids is 1. The van der Waals surface area contributed by atoms with E-state index in [1.807, 2.05) is 0 Å². The van der Waals surface area contributed by atoms with Crippen LogP contribution in [0.2, 0.25) is 0 Å². The lowest BCUT2D eigenvalue weighted by Crippen LogP contribution is -2.42. The molecule has 1 aliphatic carbocycles. The molecule has 1 aromatic heterocycles. The van der Waals surface area contributed by atoms with E-state index in [-0.39, 0.29) is 11.3 Å². The van der Waals surface area contributed by atoms with Gasteiger partial charge in [-0.25, -0.2) is 0 Å². The molecule has 2 heterocycles. The largest absolute Gasteiger partial charge is 0.351 e. The van der Waals surface area contributed by atoms with Gasteiger partial charge in [-0.1, -0.05) is 6.92 Å². The van der Waals surface area contributed by atoms with Crippen molar-refractivity contribution in [2.45, 2.75) is 39.0 Å². The lowest BCUT2D eigenvalue weighted by atomic mass is 9.81. The number of carbonyl (C=O) groups is 1. The van der Waals surface area contributed by atoms with Gasteiger partial charge in [0.1, 0.15) is 0 Å². The van der Waals surface area contributed by atoms with Crippen LogP contribution in [0.15, 0.2) is 6.07 Å². The maximum absolute atomic E-state index is 12.2. The number of aryl methyl sites for hydroxylation is 2. The van der Waals surface area contributed by atoms with Crippen molar-refractivity contribution in [3.05, 3.63) is 21.4 Å². The average molecular weight is 278 g/mol. The van der Waals surface area contributed by atoms with E-state index in [0.717, 1.165) is 50.2 Å². The first-order chi connectivity index (χ1) is 9.16. The van der Waals surface area contributed by atoms with Crippen molar-refractivity contribution in [1.82, 2.24) is 10.6 Å². The molecule has 4 heteroatoms. The Morgan fingerprint density at radius 2 is 2.21 bits per heavy atom. The van der Waals surface area contributed by atoms with Crippen LogP contribution in [0.25, 0.3) is 0 Å². The van der Waals surface area contributed by atoms with Crippen LogP contribution in [0, 0.1) is 5.41 Å². The third-order valence-corrected chi connectivity index (χ3v) is 5.69. The third kappa shape index (κ3) is 2.84. The molecule has 0 unspecified atom stereocenters. The van der Waals surface area contributed by atoms with Gasteiger partial charge >= 0.3 is 0 Å². The summed E-state index contributed by atoms with van der Waals surface area (Å²) in [4.78, 5) is 14.6. The Kier molecular flexibility index (Phi) is 3.63. The highest BCUT2D eigenvalue weighted by Crippen LogP contribution is 2.31. The summed E-state index contributed by atoms with van der Waals surface area (Å²) in [5, 5.41) is 6.52. The summed E-state index contributed by atoms with van der Waals surface area (Å²) in [6.07, 6.45) is 5.87. The fourth-order valence-corrected chi connectivity index (χ4v) is 4.20. The predicted octanol–water partition coefficient (Wildman–Crippen LogP) is 2.36. The summed E-state index contributed by atoms with van der Waals surface area (Å²) >= 11 is 1.69. The van der Waals surface area contributed by atoms with Gasteiger partial charge in [0.15, 0.2) is 0 Å². The molecule has 0 saturated carbocycles. The molecule has 19 heavy (non-hydrogen) atoms. The van der Waals surface area contributed by atoms with Crippen LogP contribution in [0.5, 0.6) is 0 Å². The van der Waals surface area contributed by atoms with Crippen LogP contribution in [0.3, 0.4) is 0 Å². The van der Waals surface area contributed by atoms with Crippen molar-refractivity contribution in [3.8, 4) is 0 Å². The van der Waals surface area contributed by atoms with Gasteiger partial charge in [0.25, 0.3) is 5.91 Å². The molecule has 0 spiro atoms. The molecule has 0 atom stereocenters. The van der Waals surface area contributed by atoms with Gasteiger partial charge in [-0.3, -0.25) is 4.79 Å². The fraction of sp³-hybridized carbons (Fsp3) is 0.667. The van der Waals surface area contributed by atoms with Crippen LogP contribution in [0.1, 0.15) is 46.3 Å². The van der Waals surface area contributed by atoms with Crippen LogP contribution in [-0.4, -0.2) is 25.5 Å². The molecule has 3 nitrogen and oxygen atoms in total. The molecule has 1 amide bonds. The number of fused-ring (bicyclic) bond motifs is 1. The van der Waals surface area contributed by atoms with E-state index < -0.39 is 0 Å². The summed E-state index contributed by atoms with van der Waals surface area (Å²) in [5.74, 6) is 0.124. The molecular weight excluding hydrogens is 256 g/mol. The van der Waals surface area contributed by atoms with Crippen molar-refractivity contribution in [2.75, 3.05) is 19.6 Å². The number of hydrogen-bond donors (Lipinski definition) is 2. The molecule has 2 N–H and O–H groups in total. The summed E-state index contributed by atoms with van der Waals surface area (Å²) < 4.78 is 0. The second kappa shape index (κ2) is 5.25. The summed E-state index contributed by atoms with van der Waals surface area (Å²) in [6, 6.07) is 2.10. The second-order valence-electron chi connectivity index (χ2n) is 6.16. The molecule has 1 fully saturated rings. The Hall–Kier alpha value is -0.870. The van der Waals surface area contributed by atoms with E-state index in [0.29, 0.717) is 0 Å². The van der Waals surface area contributed by atoms with Crippen molar-refractivity contribution < 1.29 is 4.79 Å². The number of nitrogens with one attached hydrogen (secondary N) is 2. The van der Waals surface area contributed by atoms with E-state index in [2.05, 4.69) is 23.6 Å². The van der Waals surface area contributed by atoms with Gasteiger partial charge in [0.2, 0.25) is 0 Å². The topological polar surface area (TPSA) is 41.1 Å². The minimum Gasteiger partial charge on any atom is -0.351 e. The van der Waals surface area contributed by atoms with Crippen molar-refractivity contribution in [1.29, 1.82) is 0 Å². The number of hydrogen-bond acceptors (Lipinski definition) is 3. The molecule has 0 bridgehead atoms. The Morgan fingerprint density at radius 1 is 1.42 bits per heavy atom. The van der Waals surface area contributed by atoms with Gasteiger partial charge < -0.3 is 10.6 Å². The molecule has 2 aliphatic rings. The Bertz CT molecular complexity index is 453. The highest BCUT2D eigenvalue weighted by molar-refractivity contribution is 7.14.